The van der Waals surface area contributed by atoms with Gasteiger partial charge < -0.3 is 5.11 Å². The summed E-state index contributed by atoms with van der Waals surface area (Å²) in [4.78, 5) is 0. The van der Waals surface area contributed by atoms with Gasteiger partial charge in [-0.25, -0.2) is 4.39 Å². The molecule has 0 aliphatic heterocycles. The molecule has 3 unspecified atom stereocenters. The quantitative estimate of drug-likeness (QED) is 0.783. The van der Waals surface area contributed by atoms with Crippen LogP contribution in [-0.2, 0) is 0 Å². The van der Waals surface area contributed by atoms with Gasteiger partial charge >= 0.3 is 0 Å². The molecule has 18 heavy (non-hydrogen) atoms. The zero-order chi connectivity index (χ0) is 13.3. The maximum Gasteiger partial charge on any atom is 0.123 e. The molecule has 1 aliphatic rings. The molecule has 0 aromatic heterocycles. The van der Waals surface area contributed by atoms with Gasteiger partial charge in [0.05, 0.1) is 6.10 Å². The highest BCUT2D eigenvalue weighted by molar-refractivity contribution is 6.31. The van der Waals surface area contributed by atoms with Crippen molar-refractivity contribution >= 4 is 11.6 Å². The number of hydrogen-bond donors (Lipinski definition) is 1. The van der Waals surface area contributed by atoms with Crippen molar-refractivity contribution < 1.29 is 9.50 Å². The fourth-order valence-corrected chi connectivity index (χ4v) is 3.06. The lowest BCUT2D eigenvalue weighted by molar-refractivity contribution is 0.0930. The number of benzene rings is 1. The maximum atomic E-state index is 13.2. The molecule has 1 aromatic carbocycles. The Morgan fingerprint density at radius 2 is 2.17 bits per heavy atom. The van der Waals surface area contributed by atoms with E-state index < -0.39 is 6.10 Å². The Balaban J connectivity index is 2.23. The highest BCUT2D eigenvalue weighted by Gasteiger charge is 2.27. The Hall–Kier alpha value is -0.860. The minimum Gasteiger partial charge on any atom is -0.388 e. The summed E-state index contributed by atoms with van der Waals surface area (Å²) < 4.78 is 13.2. The van der Waals surface area contributed by atoms with E-state index in [2.05, 4.69) is 19.9 Å². The van der Waals surface area contributed by atoms with Crippen molar-refractivity contribution in [3.63, 3.8) is 0 Å². The molecule has 2 rings (SSSR count). The molecular weight excluding hydrogens is 251 g/mol. The fraction of sp³-hybridized carbons (Fsp3) is 0.467. The van der Waals surface area contributed by atoms with Crippen LogP contribution in [0.2, 0.25) is 5.02 Å². The van der Waals surface area contributed by atoms with E-state index in [0.717, 1.165) is 12.8 Å². The van der Waals surface area contributed by atoms with E-state index in [1.807, 2.05) is 0 Å². The van der Waals surface area contributed by atoms with Gasteiger partial charge in [-0.2, -0.15) is 0 Å². The van der Waals surface area contributed by atoms with Crippen molar-refractivity contribution in [2.24, 2.45) is 11.8 Å². The molecular formula is C15H18ClFO. The van der Waals surface area contributed by atoms with Gasteiger partial charge in [0.2, 0.25) is 0 Å². The largest absolute Gasteiger partial charge is 0.388 e. The van der Waals surface area contributed by atoms with E-state index in [9.17, 15) is 9.50 Å². The second kappa shape index (κ2) is 5.41. The summed E-state index contributed by atoms with van der Waals surface area (Å²) in [5.41, 5.74) is 1.79. The molecule has 0 saturated carbocycles. The zero-order valence-corrected chi connectivity index (χ0v) is 11.4. The minimum atomic E-state index is -0.695. The lowest BCUT2D eigenvalue weighted by Gasteiger charge is -2.30. The Labute approximate surface area is 112 Å². The van der Waals surface area contributed by atoms with Crippen LogP contribution >= 0.6 is 11.6 Å². The molecule has 3 heteroatoms. The molecule has 0 heterocycles. The van der Waals surface area contributed by atoms with Gasteiger partial charge in [0, 0.05) is 10.6 Å². The van der Waals surface area contributed by atoms with Crippen LogP contribution in [0.4, 0.5) is 4.39 Å². The van der Waals surface area contributed by atoms with E-state index >= 15 is 0 Å². The summed E-state index contributed by atoms with van der Waals surface area (Å²) in [7, 11) is 0. The van der Waals surface area contributed by atoms with Crippen molar-refractivity contribution in [2.75, 3.05) is 0 Å². The summed E-state index contributed by atoms with van der Waals surface area (Å²) in [6, 6.07) is 4.16. The van der Waals surface area contributed by atoms with Crippen LogP contribution in [0, 0.1) is 17.7 Å². The molecule has 0 radical (unpaired) electrons. The van der Waals surface area contributed by atoms with E-state index in [-0.39, 0.29) is 11.7 Å². The van der Waals surface area contributed by atoms with Gasteiger partial charge in [0.15, 0.2) is 0 Å². The SMILES string of the molecule is CC1=CC(C)CC(C(O)c2cc(F)ccc2Cl)C1. The number of aliphatic hydroxyl groups excluding tert-OH is 1. The first-order valence-electron chi connectivity index (χ1n) is 6.27. The lowest BCUT2D eigenvalue weighted by atomic mass is 9.79. The molecule has 0 fully saturated rings. The highest BCUT2D eigenvalue weighted by Crippen LogP contribution is 2.38. The first-order chi connectivity index (χ1) is 8.47. The van der Waals surface area contributed by atoms with Gasteiger partial charge in [-0.05, 0) is 49.8 Å². The predicted molar refractivity (Wildman–Crippen MR) is 72.0 cm³/mol. The second-order valence-electron chi connectivity index (χ2n) is 5.30. The highest BCUT2D eigenvalue weighted by atomic mass is 35.5. The van der Waals surface area contributed by atoms with Crippen LogP contribution in [0.5, 0.6) is 0 Å². The second-order valence-corrected chi connectivity index (χ2v) is 5.71. The van der Waals surface area contributed by atoms with Crippen LogP contribution in [0.3, 0.4) is 0 Å². The third-order valence-corrected chi connectivity index (χ3v) is 3.90. The van der Waals surface area contributed by atoms with Crippen LogP contribution in [-0.4, -0.2) is 5.11 Å². The van der Waals surface area contributed by atoms with Gasteiger partial charge in [0.1, 0.15) is 5.82 Å². The zero-order valence-electron chi connectivity index (χ0n) is 10.7. The Bertz CT molecular complexity index is 470. The number of aliphatic hydroxyl groups is 1. The smallest absolute Gasteiger partial charge is 0.123 e. The molecule has 98 valence electrons. The topological polar surface area (TPSA) is 20.2 Å². The molecule has 1 N–H and O–H groups in total. The van der Waals surface area contributed by atoms with E-state index in [0.29, 0.717) is 16.5 Å². The molecule has 0 saturated heterocycles. The molecule has 0 spiro atoms. The summed E-state index contributed by atoms with van der Waals surface area (Å²) in [6.07, 6.45) is 3.29. The van der Waals surface area contributed by atoms with Crippen LogP contribution in [0.15, 0.2) is 29.8 Å². The third kappa shape index (κ3) is 2.93. The van der Waals surface area contributed by atoms with Gasteiger partial charge in [0.25, 0.3) is 0 Å². The normalized spacial score (nSPS) is 25.7. The predicted octanol–water partition coefficient (Wildman–Crippen LogP) is 4.50. The number of hydrogen-bond acceptors (Lipinski definition) is 1. The molecule has 1 aromatic rings. The fourth-order valence-electron chi connectivity index (χ4n) is 2.83. The average Bonchev–Trinajstić information content (AvgIpc) is 2.30. The van der Waals surface area contributed by atoms with E-state index in [1.165, 1.54) is 23.8 Å². The Morgan fingerprint density at radius 3 is 2.83 bits per heavy atom. The number of rotatable bonds is 2. The van der Waals surface area contributed by atoms with Crippen LogP contribution < -0.4 is 0 Å². The van der Waals surface area contributed by atoms with Crippen molar-refractivity contribution in [1.82, 2.24) is 0 Å². The first kappa shape index (κ1) is 13.6. The van der Waals surface area contributed by atoms with E-state index in [4.69, 9.17) is 11.6 Å². The minimum absolute atomic E-state index is 0.115. The monoisotopic (exact) mass is 268 g/mol. The average molecular weight is 269 g/mol. The Morgan fingerprint density at radius 1 is 1.44 bits per heavy atom. The first-order valence-corrected chi connectivity index (χ1v) is 6.65. The molecule has 1 aliphatic carbocycles. The summed E-state index contributed by atoms with van der Waals surface area (Å²) in [5.74, 6) is 0.208. The van der Waals surface area contributed by atoms with Crippen molar-refractivity contribution in [1.29, 1.82) is 0 Å². The summed E-state index contributed by atoms with van der Waals surface area (Å²) >= 11 is 6.04. The molecule has 1 nitrogen and oxygen atoms in total. The summed E-state index contributed by atoms with van der Waals surface area (Å²) in [6.45, 7) is 4.21. The standard InChI is InChI=1S/C15H18ClFO/c1-9-5-10(2)7-11(6-9)15(18)13-8-12(17)3-4-14(13)16/h3-5,8-9,11,15,18H,6-7H2,1-2H3. The number of halogens is 2. The van der Waals surface area contributed by atoms with Crippen molar-refractivity contribution in [3.8, 4) is 0 Å². The van der Waals surface area contributed by atoms with Gasteiger partial charge in [-0.1, -0.05) is 30.2 Å². The Kier molecular flexibility index (Phi) is 4.08. The van der Waals surface area contributed by atoms with Crippen LogP contribution in [0.1, 0.15) is 38.4 Å². The van der Waals surface area contributed by atoms with Crippen LogP contribution in [0.25, 0.3) is 0 Å². The molecule has 0 bridgehead atoms. The van der Waals surface area contributed by atoms with E-state index in [1.54, 1.807) is 0 Å². The van der Waals surface area contributed by atoms with Gasteiger partial charge in [-0.15, -0.1) is 0 Å². The van der Waals surface area contributed by atoms with Gasteiger partial charge in [-0.3, -0.25) is 0 Å². The number of allylic oxidation sites excluding steroid dienone is 2. The van der Waals surface area contributed by atoms with Crippen molar-refractivity contribution in [3.05, 3.63) is 46.3 Å². The molecule has 0 amide bonds. The third-order valence-electron chi connectivity index (χ3n) is 3.55. The summed E-state index contributed by atoms with van der Waals surface area (Å²) in [5, 5.41) is 10.8. The van der Waals surface area contributed by atoms with Crippen molar-refractivity contribution in [2.45, 2.75) is 32.8 Å². The lowest BCUT2D eigenvalue weighted by Crippen LogP contribution is -2.19. The molecule has 3 atom stereocenters. The maximum absolute atomic E-state index is 13.2.